The molecule has 3 nitrogen and oxygen atoms in total. The lowest BCUT2D eigenvalue weighted by atomic mass is 10.3. The monoisotopic (exact) mass is 249 g/mol. The van der Waals surface area contributed by atoms with Gasteiger partial charge in [0.25, 0.3) is 0 Å². The first kappa shape index (κ1) is 6.60. The Morgan fingerprint density at radius 3 is 3.40 bits per heavy atom. The Morgan fingerprint density at radius 1 is 1.70 bits per heavy atom. The molecule has 0 bridgehead atoms. The molecule has 54 valence electrons. The van der Waals surface area contributed by atoms with Crippen LogP contribution in [-0.2, 0) is 13.1 Å². The van der Waals surface area contributed by atoms with E-state index in [4.69, 9.17) is 0 Å². The van der Waals surface area contributed by atoms with E-state index in [2.05, 4.69) is 43.8 Å². The van der Waals surface area contributed by atoms with Crippen molar-refractivity contribution >= 4 is 22.6 Å². The molecule has 0 amide bonds. The average molecular weight is 249 g/mol. The van der Waals surface area contributed by atoms with Gasteiger partial charge in [0, 0.05) is 13.1 Å². The molecule has 0 radical (unpaired) electrons. The first-order valence-corrected chi connectivity index (χ1v) is 4.37. The standard InChI is InChI=1S/C6H8IN3/c7-6-3-5-4-8-1-2-10(5)9-6/h3,8H,1-2,4H2. The molecular weight excluding hydrogens is 241 g/mol. The summed E-state index contributed by atoms with van der Waals surface area (Å²) in [5, 5.41) is 7.60. The van der Waals surface area contributed by atoms with Crippen LogP contribution in [0.25, 0.3) is 0 Å². The molecule has 1 aromatic rings. The molecule has 1 aromatic heterocycles. The molecule has 2 rings (SSSR count). The smallest absolute Gasteiger partial charge is 0.123 e. The van der Waals surface area contributed by atoms with E-state index in [9.17, 15) is 0 Å². The van der Waals surface area contributed by atoms with Gasteiger partial charge in [-0.3, -0.25) is 4.68 Å². The van der Waals surface area contributed by atoms with Gasteiger partial charge in [0.05, 0.1) is 12.2 Å². The normalized spacial score (nSPS) is 16.9. The van der Waals surface area contributed by atoms with Crippen molar-refractivity contribution < 1.29 is 0 Å². The predicted octanol–water partition coefficient (Wildman–Crippen LogP) is 0.591. The quantitative estimate of drug-likeness (QED) is 0.682. The molecule has 1 aliphatic rings. The summed E-state index contributed by atoms with van der Waals surface area (Å²) in [5.74, 6) is 0. The van der Waals surface area contributed by atoms with Crippen molar-refractivity contribution in [2.24, 2.45) is 0 Å². The summed E-state index contributed by atoms with van der Waals surface area (Å²) < 4.78 is 3.16. The number of nitrogens with one attached hydrogen (secondary N) is 1. The van der Waals surface area contributed by atoms with Crippen molar-refractivity contribution in [1.29, 1.82) is 0 Å². The van der Waals surface area contributed by atoms with Crippen LogP contribution in [0.5, 0.6) is 0 Å². The molecule has 0 spiro atoms. The average Bonchev–Trinajstić information content (AvgIpc) is 2.27. The van der Waals surface area contributed by atoms with Crippen LogP contribution in [0.4, 0.5) is 0 Å². The molecule has 10 heavy (non-hydrogen) atoms. The predicted molar refractivity (Wildman–Crippen MR) is 46.7 cm³/mol. The molecule has 0 aliphatic carbocycles. The van der Waals surface area contributed by atoms with Crippen LogP contribution in [-0.4, -0.2) is 16.3 Å². The fourth-order valence-electron chi connectivity index (χ4n) is 1.16. The van der Waals surface area contributed by atoms with Crippen LogP contribution in [0.1, 0.15) is 5.69 Å². The maximum absolute atomic E-state index is 4.31. The Labute approximate surface area is 72.9 Å². The lowest BCUT2D eigenvalue weighted by Gasteiger charge is -2.13. The SMILES string of the molecule is Ic1cc2n(n1)CCNC2. The number of halogens is 1. The maximum Gasteiger partial charge on any atom is 0.123 e. The van der Waals surface area contributed by atoms with E-state index >= 15 is 0 Å². The van der Waals surface area contributed by atoms with Gasteiger partial charge >= 0.3 is 0 Å². The van der Waals surface area contributed by atoms with Crippen LogP contribution in [0, 0.1) is 3.70 Å². The third-order valence-corrected chi connectivity index (χ3v) is 2.17. The van der Waals surface area contributed by atoms with Gasteiger partial charge in [-0.15, -0.1) is 0 Å². The molecule has 0 unspecified atom stereocenters. The molecule has 0 aromatic carbocycles. The van der Waals surface area contributed by atoms with E-state index in [1.807, 2.05) is 0 Å². The van der Waals surface area contributed by atoms with Crippen LogP contribution in [0.3, 0.4) is 0 Å². The Bertz CT molecular complexity index is 220. The minimum Gasteiger partial charge on any atom is -0.309 e. The Kier molecular flexibility index (Phi) is 1.65. The highest BCUT2D eigenvalue weighted by Crippen LogP contribution is 2.08. The van der Waals surface area contributed by atoms with E-state index in [1.54, 1.807) is 0 Å². The summed E-state index contributed by atoms with van der Waals surface area (Å²) in [6.45, 7) is 3.03. The van der Waals surface area contributed by atoms with Crippen LogP contribution >= 0.6 is 22.6 Å². The van der Waals surface area contributed by atoms with Gasteiger partial charge in [-0.05, 0) is 28.7 Å². The number of rotatable bonds is 0. The van der Waals surface area contributed by atoms with Crippen molar-refractivity contribution in [3.05, 3.63) is 15.5 Å². The topological polar surface area (TPSA) is 29.9 Å². The first-order valence-electron chi connectivity index (χ1n) is 3.29. The van der Waals surface area contributed by atoms with E-state index in [-0.39, 0.29) is 0 Å². The van der Waals surface area contributed by atoms with Crippen molar-refractivity contribution in [2.75, 3.05) is 6.54 Å². The number of hydrogen-bond acceptors (Lipinski definition) is 2. The summed E-state index contributed by atoms with van der Waals surface area (Å²) in [6.07, 6.45) is 0. The van der Waals surface area contributed by atoms with E-state index in [0.717, 1.165) is 23.3 Å². The fourth-order valence-corrected chi connectivity index (χ4v) is 1.78. The van der Waals surface area contributed by atoms with Crippen LogP contribution < -0.4 is 5.32 Å². The van der Waals surface area contributed by atoms with E-state index < -0.39 is 0 Å². The van der Waals surface area contributed by atoms with Gasteiger partial charge < -0.3 is 5.32 Å². The number of aromatic nitrogens is 2. The first-order chi connectivity index (χ1) is 4.86. The summed E-state index contributed by atoms with van der Waals surface area (Å²) >= 11 is 2.24. The van der Waals surface area contributed by atoms with Crippen LogP contribution in [0.2, 0.25) is 0 Å². The lowest BCUT2D eigenvalue weighted by molar-refractivity contribution is 0.474. The van der Waals surface area contributed by atoms with Crippen molar-refractivity contribution in [1.82, 2.24) is 15.1 Å². The second-order valence-electron chi connectivity index (χ2n) is 2.36. The lowest BCUT2D eigenvalue weighted by Crippen LogP contribution is -2.28. The maximum atomic E-state index is 4.31. The largest absolute Gasteiger partial charge is 0.309 e. The minimum atomic E-state index is 0.968. The highest BCUT2D eigenvalue weighted by atomic mass is 127. The summed E-state index contributed by atoms with van der Waals surface area (Å²) in [7, 11) is 0. The van der Waals surface area contributed by atoms with Gasteiger partial charge in [-0.2, -0.15) is 5.10 Å². The van der Waals surface area contributed by atoms with Gasteiger partial charge in [0.2, 0.25) is 0 Å². The summed E-state index contributed by atoms with van der Waals surface area (Å²) in [5.41, 5.74) is 1.30. The zero-order valence-electron chi connectivity index (χ0n) is 5.47. The minimum absolute atomic E-state index is 0.968. The van der Waals surface area contributed by atoms with Gasteiger partial charge in [0.15, 0.2) is 0 Å². The number of fused-ring (bicyclic) bond motifs is 1. The second-order valence-corrected chi connectivity index (χ2v) is 3.46. The van der Waals surface area contributed by atoms with Crippen molar-refractivity contribution in [3.63, 3.8) is 0 Å². The molecule has 2 heterocycles. The molecule has 0 atom stereocenters. The van der Waals surface area contributed by atoms with Gasteiger partial charge in [0.1, 0.15) is 3.70 Å². The van der Waals surface area contributed by atoms with E-state index in [0.29, 0.717) is 0 Å². The Hall–Kier alpha value is -0.100. The highest BCUT2D eigenvalue weighted by Gasteiger charge is 2.08. The molecule has 4 heteroatoms. The summed E-state index contributed by atoms with van der Waals surface area (Å²) in [4.78, 5) is 0. The molecule has 0 saturated heterocycles. The van der Waals surface area contributed by atoms with Gasteiger partial charge in [-0.1, -0.05) is 0 Å². The second kappa shape index (κ2) is 2.50. The third-order valence-electron chi connectivity index (χ3n) is 1.64. The third kappa shape index (κ3) is 1.05. The van der Waals surface area contributed by atoms with Crippen molar-refractivity contribution in [2.45, 2.75) is 13.1 Å². The highest BCUT2D eigenvalue weighted by molar-refractivity contribution is 14.1. The Morgan fingerprint density at radius 2 is 2.60 bits per heavy atom. The Balaban J connectivity index is 2.41. The molecule has 1 N–H and O–H groups in total. The summed E-state index contributed by atoms with van der Waals surface area (Å²) in [6, 6.07) is 2.12. The van der Waals surface area contributed by atoms with Crippen molar-refractivity contribution in [3.8, 4) is 0 Å². The molecular formula is C6H8IN3. The number of nitrogens with zero attached hydrogens (tertiary/aromatic N) is 2. The fraction of sp³-hybridized carbons (Fsp3) is 0.500. The zero-order valence-corrected chi connectivity index (χ0v) is 7.63. The van der Waals surface area contributed by atoms with E-state index in [1.165, 1.54) is 5.69 Å². The molecule has 0 saturated carbocycles. The molecule has 1 aliphatic heterocycles. The van der Waals surface area contributed by atoms with Crippen LogP contribution in [0.15, 0.2) is 6.07 Å². The zero-order chi connectivity index (χ0) is 6.97. The van der Waals surface area contributed by atoms with Gasteiger partial charge in [-0.25, -0.2) is 0 Å². The molecule has 0 fully saturated rings. The number of hydrogen-bond donors (Lipinski definition) is 1.